The highest BCUT2D eigenvalue weighted by Gasteiger charge is 2.29. The van der Waals surface area contributed by atoms with Gasteiger partial charge in [0.15, 0.2) is 0 Å². The largest absolute Gasteiger partial charge is 0.338 e. The number of halogens is 1. The van der Waals surface area contributed by atoms with Crippen LogP contribution in [0.3, 0.4) is 0 Å². The Morgan fingerprint density at radius 1 is 1.50 bits per heavy atom. The zero-order chi connectivity index (χ0) is 14.9. The van der Waals surface area contributed by atoms with Crippen molar-refractivity contribution in [2.24, 2.45) is 5.92 Å². The molecular formula is C14H17BrN2O3. The summed E-state index contributed by atoms with van der Waals surface area (Å²) in [5.41, 5.74) is 0.870. The third-order valence-corrected chi connectivity index (χ3v) is 5.18. The minimum Gasteiger partial charge on any atom is -0.338 e. The molecule has 2 rings (SSSR count). The summed E-state index contributed by atoms with van der Waals surface area (Å²) in [6.45, 7) is 5.09. The summed E-state index contributed by atoms with van der Waals surface area (Å²) < 4.78 is 0. The Hall–Kier alpha value is -1.43. The van der Waals surface area contributed by atoms with Gasteiger partial charge in [-0.2, -0.15) is 0 Å². The second-order valence-corrected chi connectivity index (χ2v) is 6.42. The first-order chi connectivity index (χ1) is 9.41. The van der Waals surface area contributed by atoms with Gasteiger partial charge >= 0.3 is 0 Å². The molecule has 0 bridgehead atoms. The number of nitro groups is 1. The molecule has 1 aromatic rings. The molecule has 1 aromatic carbocycles. The zero-order valence-electron chi connectivity index (χ0n) is 11.5. The lowest BCUT2D eigenvalue weighted by molar-refractivity contribution is -0.385. The Labute approximate surface area is 126 Å². The van der Waals surface area contributed by atoms with Crippen LogP contribution < -0.4 is 0 Å². The maximum atomic E-state index is 12.5. The van der Waals surface area contributed by atoms with Crippen molar-refractivity contribution in [3.8, 4) is 0 Å². The van der Waals surface area contributed by atoms with Gasteiger partial charge in [0.1, 0.15) is 0 Å². The summed E-state index contributed by atoms with van der Waals surface area (Å²) >= 11 is 3.60. The van der Waals surface area contributed by atoms with E-state index >= 15 is 0 Å². The number of rotatable bonds is 2. The van der Waals surface area contributed by atoms with Gasteiger partial charge in [0.2, 0.25) is 0 Å². The summed E-state index contributed by atoms with van der Waals surface area (Å²) in [7, 11) is 0. The van der Waals surface area contributed by atoms with Gasteiger partial charge in [-0.1, -0.05) is 28.9 Å². The minimum atomic E-state index is -0.445. The van der Waals surface area contributed by atoms with E-state index in [2.05, 4.69) is 22.9 Å². The Morgan fingerprint density at radius 2 is 2.20 bits per heavy atom. The quantitative estimate of drug-likeness (QED) is 0.472. The topological polar surface area (TPSA) is 63.5 Å². The average Bonchev–Trinajstić information content (AvgIpc) is 2.41. The lowest BCUT2D eigenvalue weighted by Gasteiger charge is -2.34. The highest BCUT2D eigenvalue weighted by molar-refractivity contribution is 9.09. The van der Waals surface area contributed by atoms with Gasteiger partial charge in [-0.25, -0.2) is 0 Å². The predicted molar refractivity (Wildman–Crippen MR) is 80.2 cm³/mol. The fourth-order valence-corrected chi connectivity index (χ4v) is 2.90. The van der Waals surface area contributed by atoms with Gasteiger partial charge < -0.3 is 4.90 Å². The van der Waals surface area contributed by atoms with Crippen LogP contribution in [0, 0.1) is 23.0 Å². The highest BCUT2D eigenvalue weighted by atomic mass is 79.9. The van der Waals surface area contributed by atoms with E-state index in [0.29, 0.717) is 35.0 Å². The number of carbonyl (C=O) groups excluding carboxylic acids is 1. The van der Waals surface area contributed by atoms with E-state index in [1.165, 1.54) is 6.07 Å². The first-order valence-corrected chi connectivity index (χ1v) is 7.50. The van der Waals surface area contributed by atoms with Crippen molar-refractivity contribution in [1.29, 1.82) is 0 Å². The number of piperidine rings is 1. The van der Waals surface area contributed by atoms with Crippen molar-refractivity contribution in [2.75, 3.05) is 13.1 Å². The SMILES string of the molecule is Cc1c(C(=O)N2CCC(Br)C(C)C2)cccc1[N+](=O)[O-]. The number of alkyl halides is 1. The second kappa shape index (κ2) is 5.91. The second-order valence-electron chi connectivity index (χ2n) is 5.24. The monoisotopic (exact) mass is 340 g/mol. The molecule has 108 valence electrons. The normalized spacial score (nSPS) is 22.6. The number of hydrogen-bond acceptors (Lipinski definition) is 3. The molecular weight excluding hydrogens is 324 g/mol. The number of nitrogens with zero attached hydrogens (tertiary/aromatic N) is 2. The third-order valence-electron chi connectivity index (χ3n) is 3.82. The molecule has 6 heteroatoms. The minimum absolute atomic E-state index is 0.000670. The summed E-state index contributed by atoms with van der Waals surface area (Å²) in [5.74, 6) is 0.268. The molecule has 1 aliphatic rings. The Bertz CT molecular complexity index is 547. The third kappa shape index (κ3) is 2.85. The number of amides is 1. The molecule has 0 radical (unpaired) electrons. The number of carbonyl (C=O) groups is 1. The summed E-state index contributed by atoms with van der Waals surface area (Å²) in [6.07, 6.45) is 0.904. The van der Waals surface area contributed by atoms with Gasteiger partial charge in [0.25, 0.3) is 11.6 Å². The molecule has 1 saturated heterocycles. The van der Waals surface area contributed by atoms with Crippen LogP contribution in [0.4, 0.5) is 5.69 Å². The van der Waals surface area contributed by atoms with Gasteiger partial charge in [0, 0.05) is 35.1 Å². The molecule has 1 fully saturated rings. The van der Waals surface area contributed by atoms with Crippen LogP contribution >= 0.6 is 15.9 Å². The highest BCUT2D eigenvalue weighted by Crippen LogP contribution is 2.27. The van der Waals surface area contributed by atoms with Gasteiger partial charge in [-0.3, -0.25) is 14.9 Å². The molecule has 0 aliphatic carbocycles. The summed E-state index contributed by atoms with van der Waals surface area (Å²) in [4.78, 5) is 25.2. The predicted octanol–water partition coefficient (Wildman–Crippen LogP) is 3.15. The lowest BCUT2D eigenvalue weighted by Crippen LogP contribution is -2.43. The van der Waals surface area contributed by atoms with Crippen molar-refractivity contribution < 1.29 is 9.72 Å². The maximum Gasteiger partial charge on any atom is 0.273 e. The molecule has 2 atom stereocenters. The first kappa shape index (κ1) is 15.0. The first-order valence-electron chi connectivity index (χ1n) is 6.59. The number of nitro benzene ring substituents is 1. The number of hydrogen-bond donors (Lipinski definition) is 0. The van der Waals surface area contributed by atoms with E-state index in [9.17, 15) is 14.9 Å². The van der Waals surface area contributed by atoms with Crippen LogP contribution in [-0.2, 0) is 0 Å². The number of benzene rings is 1. The van der Waals surface area contributed by atoms with E-state index in [4.69, 9.17) is 0 Å². The number of likely N-dealkylation sites (tertiary alicyclic amines) is 1. The molecule has 2 unspecified atom stereocenters. The Balaban J connectivity index is 2.26. The molecule has 0 saturated carbocycles. The molecule has 1 amide bonds. The summed E-state index contributed by atoms with van der Waals surface area (Å²) in [5, 5.41) is 10.9. The van der Waals surface area contributed by atoms with Gasteiger partial charge in [-0.15, -0.1) is 0 Å². The molecule has 1 aliphatic heterocycles. The molecule has 20 heavy (non-hydrogen) atoms. The molecule has 0 spiro atoms. The molecule has 0 N–H and O–H groups in total. The van der Waals surface area contributed by atoms with Crippen LogP contribution in [-0.4, -0.2) is 33.6 Å². The van der Waals surface area contributed by atoms with Crippen LogP contribution in [0.1, 0.15) is 29.3 Å². The molecule has 5 nitrogen and oxygen atoms in total. The molecule has 1 heterocycles. The van der Waals surface area contributed by atoms with Gasteiger partial charge in [0.05, 0.1) is 4.92 Å². The van der Waals surface area contributed by atoms with E-state index in [1.54, 1.807) is 24.0 Å². The average molecular weight is 341 g/mol. The van der Waals surface area contributed by atoms with Crippen LogP contribution in [0.25, 0.3) is 0 Å². The van der Waals surface area contributed by atoms with Gasteiger partial charge in [-0.05, 0) is 25.3 Å². The van der Waals surface area contributed by atoms with Crippen molar-refractivity contribution in [2.45, 2.75) is 25.1 Å². The van der Waals surface area contributed by atoms with E-state index in [0.717, 1.165) is 6.42 Å². The maximum absolute atomic E-state index is 12.5. The van der Waals surface area contributed by atoms with Crippen LogP contribution in [0.15, 0.2) is 18.2 Å². The van der Waals surface area contributed by atoms with Crippen molar-refractivity contribution in [3.63, 3.8) is 0 Å². The van der Waals surface area contributed by atoms with E-state index in [1.807, 2.05) is 0 Å². The van der Waals surface area contributed by atoms with Crippen LogP contribution in [0.5, 0.6) is 0 Å². The van der Waals surface area contributed by atoms with E-state index in [-0.39, 0.29) is 11.6 Å². The van der Waals surface area contributed by atoms with Crippen molar-refractivity contribution >= 4 is 27.5 Å². The zero-order valence-corrected chi connectivity index (χ0v) is 13.1. The Kier molecular flexibility index (Phi) is 4.42. The fraction of sp³-hybridized carbons (Fsp3) is 0.500. The Morgan fingerprint density at radius 3 is 2.80 bits per heavy atom. The lowest BCUT2D eigenvalue weighted by atomic mass is 9.98. The summed E-state index contributed by atoms with van der Waals surface area (Å²) in [6, 6.07) is 4.66. The van der Waals surface area contributed by atoms with Crippen molar-refractivity contribution in [3.05, 3.63) is 39.4 Å². The van der Waals surface area contributed by atoms with Crippen LogP contribution in [0.2, 0.25) is 0 Å². The van der Waals surface area contributed by atoms with Crippen molar-refractivity contribution in [1.82, 2.24) is 4.90 Å². The molecule has 0 aromatic heterocycles. The standard InChI is InChI=1S/C14H17BrN2O3/c1-9-8-16(7-6-12(9)15)14(18)11-4-3-5-13(10(11)2)17(19)20/h3-5,9,12H,6-8H2,1-2H3. The van der Waals surface area contributed by atoms with E-state index < -0.39 is 4.92 Å². The smallest absolute Gasteiger partial charge is 0.273 e. The fourth-order valence-electron chi connectivity index (χ4n) is 2.52.